The van der Waals surface area contributed by atoms with Gasteiger partial charge in [0.1, 0.15) is 4.88 Å². The number of benzene rings is 1. The minimum Gasteiger partial charge on any atom is -0.344 e. The summed E-state index contributed by atoms with van der Waals surface area (Å²) in [5, 5.41) is 4.58. The molecular weight excluding hydrogens is 312 g/mol. The first-order valence-corrected chi connectivity index (χ1v) is 7.48. The highest BCUT2D eigenvalue weighted by atomic mass is 79.9. The molecule has 1 heterocycles. The van der Waals surface area contributed by atoms with Gasteiger partial charge in [-0.05, 0) is 12.5 Å². The van der Waals surface area contributed by atoms with Gasteiger partial charge in [-0.1, -0.05) is 46.3 Å². The van der Waals surface area contributed by atoms with E-state index in [9.17, 15) is 4.79 Å². The van der Waals surface area contributed by atoms with Crippen molar-refractivity contribution < 1.29 is 4.79 Å². The fraction of sp³-hybridized carbons (Fsp3) is 0.231. The molecule has 5 heteroatoms. The van der Waals surface area contributed by atoms with E-state index in [1.807, 2.05) is 37.3 Å². The minimum atomic E-state index is -0.0751. The molecular formula is C13H13BrN2OS. The van der Waals surface area contributed by atoms with Crippen LogP contribution in [0.15, 0.2) is 36.5 Å². The SMILES string of the molecule is Cc1ncc(C(=O)NC(CBr)c2ccccc2)s1. The summed E-state index contributed by atoms with van der Waals surface area (Å²) in [6.45, 7) is 1.89. The van der Waals surface area contributed by atoms with Crippen molar-refractivity contribution in [1.82, 2.24) is 10.3 Å². The predicted octanol–water partition coefficient (Wildman–Crippen LogP) is 3.32. The standard InChI is InChI=1S/C13H13BrN2OS/c1-9-15-8-12(18-9)13(17)16-11(7-14)10-5-3-2-4-6-10/h2-6,8,11H,7H2,1H3,(H,16,17). The number of thiazole rings is 1. The number of hydrogen-bond donors (Lipinski definition) is 1. The van der Waals surface area contributed by atoms with E-state index in [2.05, 4.69) is 26.2 Å². The Kier molecular flexibility index (Phi) is 4.49. The summed E-state index contributed by atoms with van der Waals surface area (Å²) in [5.74, 6) is -0.0751. The fourth-order valence-corrected chi connectivity index (χ4v) is 2.81. The van der Waals surface area contributed by atoms with Crippen LogP contribution in [-0.4, -0.2) is 16.2 Å². The highest BCUT2D eigenvalue weighted by Crippen LogP contribution is 2.17. The molecule has 3 nitrogen and oxygen atoms in total. The van der Waals surface area contributed by atoms with Gasteiger partial charge in [0.25, 0.3) is 5.91 Å². The largest absolute Gasteiger partial charge is 0.344 e. The van der Waals surface area contributed by atoms with Gasteiger partial charge in [0.05, 0.1) is 17.2 Å². The Bertz CT molecular complexity index is 527. The van der Waals surface area contributed by atoms with Crippen molar-refractivity contribution in [2.45, 2.75) is 13.0 Å². The Labute approximate surface area is 118 Å². The molecule has 0 aliphatic carbocycles. The van der Waals surface area contributed by atoms with Crippen molar-refractivity contribution in [3.05, 3.63) is 52.0 Å². The van der Waals surface area contributed by atoms with Crippen molar-refractivity contribution in [2.24, 2.45) is 0 Å². The number of nitrogens with one attached hydrogen (secondary N) is 1. The van der Waals surface area contributed by atoms with Crippen LogP contribution >= 0.6 is 27.3 Å². The normalized spacial score (nSPS) is 12.1. The average molecular weight is 325 g/mol. The molecule has 18 heavy (non-hydrogen) atoms. The lowest BCUT2D eigenvalue weighted by Gasteiger charge is -2.15. The van der Waals surface area contributed by atoms with E-state index in [1.165, 1.54) is 11.3 Å². The van der Waals surface area contributed by atoms with E-state index in [0.29, 0.717) is 10.2 Å². The molecule has 0 aliphatic heterocycles. The zero-order chi connectivity index (χ0) is 13.0. The first-order valence-electron chi connectivity index (χ1n) is 5.55. The number of carbonyl (C=O) groups excluding carboxylic acids is 1. The smallest absolute Gasteiger partial charge is 0.263 e. The summed E-state index contributed by atoms with van der Waals surface area (Å²) in [4.78, 5) is 16.8. The first kappa shape index (κ1) is 13.2. The van der Waals surface area contributed by atoms with Crippen LogP contribution in [0.1, 0.15) is 26.3 Å². The van der Waals surface area contributed by atoms with Gasteiger partial charge in [-0.15, -0.1) is 11.3 Å². The zero-order valence-electron chi connectivity index (χ0n) is 9.89. The highest BCUT2D eigenvalue weighted by molar-refractivity contribution is 9.09. The van der Waals surface area contributed by atoms with Gasteiger partial charge in [0, 0.05) is 5.33 Å². The summed E-state index contributed by atoms with van der Waals surface area (Å²) in [6.07, 6.45) is 1.62. The second kappa shape index (κ2) is 6.11. The lowest BCUT2D eigenvalue weighted by atomic mass is 10.1. The lowest BCUT2D eigenvalue weighted by Crippen LogP contribution is -2.28. The van der Waals surface area contributed by atoms with E-state index in [4.69, 9.17) is 0 Å². The van der Waals surface area contributed by atoms with Crippen LogP contribution in [0.4, 0.5) is 0 Å². The number of aromatic nitrogens is 1. The Morgan fingerprint density at radius 1 is 1.44 bits per heavy atom. The van der Waals surface area contributed by atoms with Gasteiger partial charge >= 0.3 is 0 Å². The molecule has 1 aromatic heterocycles. The molecule has 94 valence electrons. The quantitative estimate of drug-likeness (QED) is 0.876. The minimum absolute atomic E-state index is 0.0268. The molecule has 0 aliphatic rings. The maximum Gasteiger partial charge on any atom is 0.263 e. The lowest BCUT2D eigenvalue weighted by molar-refractivity contribution is 0.0944. The van der Waals surface area contributed by atoms with E-state index in [1.54, 1.807) is 6.20 Å². The van der Waals surface area contributed by atoms with E-state index < -0.39 is 0 Å². The molecule has 1 amide bonds. The molecule has 1 N–H and O–H groups in total. The van der Waals surface area contributed by atoms with Crippen molar-refractivity contribution in [3.63, 3.8) is 0 Å². The third-order valence-electron chi connectivity index (χ3n) is 2.51. The highest BCUT2D eigenvalue weighted by Gasteiger charge is 2.15. The third-order valence-corrected chi connectivity index (χ3v) is 4.07. The molecule has 2 rings (SSSR count). The van der Waals surface area contributed by atoms with Crippen molar-refractivity contribution in [1.29, 1.82) is 0 Å². The Hall–Kier alpha value is -1.20. The number of amides is 1. The van der Waals surface area contributed by atoms with Crippen molar-refractivity contribution >= 4 is 33.2 Å². The second-order valence-corrected chi connectivity index (χ2v) is 5.72. The molecule has 0 radical (unpaired) electrons. The summed E-state index contributed by atoms with van der Waals surface area (Å²) in [7, 11) is 0. The van der Waals surface area contributed by atoms with Crippen LogP contribution < -0.4 is 5.32 Å². The van der Waals surface area contributed by atoms with Crippen LogP contribution in [0, 0.1) is 6.92 Å². The predicted molar refractivity (Wildman–Crippen MR) is 77.3 cm³/mol. The van der Waals surface area contributed by atoms with Crippen LogP contribution in [0.25, 0.3) is 0 Å². The number of alkyl halides is 1. The Morgan fingerprint density at radius 2 is 2.17 bits per heavy atom. The topological polar surface area (TPSA) is 42.0 Å². The number of rotatable bonds is 4. The average Bonchev–Trinajstić information content (AvgIpc) is 2.83. The molecule has 0 saturated heterocycles. The van der Waals surface area contributed by atoms with Gasteiger partial charge in [0.15, 0.2) is 0 Å². The maximum absolute atomic E-state index is 12.0. The van der Waals surface area contributed by atoms with Crippen molar-refractivity contribution in [2.75, 3.05) is 5.33 Å². The van der Waals surface area contributed by atoms with Gasteiger partial charge < -0.3 is 5.32 Å². The third kappa shape index (κ3) is 3.17. The number of halogens is 1. The van der Waals surface area contributed by atoms with Crippen LogP contribution in [0.5, 0.6) is 0 Å². The summed E-state index contributed by atoms with van der Waals surface area (Å²) < 4.78 is 0. The second-order valence-electron chi connectivity index (χ2n) is 3.83. The zero-order valence-corrected chi connectivity index (χ0v) is 12.3. The number of carbonyl (C=O) groups is 1. The molecule has 0 saturated carbocycles. The Balaban J connectivity index is 2.10. The van der Waals surface area contributed by atoms with Gasteiger partial charge in [-0.25, -0.2) is 4.98 Å². The first-order chi connectivity index (χ1) is 8.70. The molecule has 1 aromatic carbocycles. The van der Waals surface area contributed by atoms with Crippen LogP contribution in [-0.2, 0) is 0 Å². The van der Waals surface area contributed by atoms with Crippen LogP contribution in [0.3, 0.4) is 0 Å². The maximum atomic E-state index is 12.0. The molecule has 2 aromatic rings. The van der Waals surface area contributed by atoms with Crippen LogP contribution in [0.2, 0.25) is 0 Å². The van der Waals surface area contributed by atoms with Gasteiger partial charge in [0.2, 0.25) is 0 Å². The van der Waals surface area contributed by atoms with Crippen molar-refractivity contribution in [3.8, 4) is 0 Å². The molecule has 0 spiro atoms. The fourth-order valence-electron chi connectivity index (χ4n) is 1.59. The Morgan fingerprint density at radius 3 is 2.72 bits per heavy atom. The summed E-state index contributed by atoms with van der Waals surface area (Å²) >= 11 is 4.84. The van der Waals surface area contributed by atoms with E-state index in [0.717, 1.165) is 10.6 Å². The number of aryl methyl sites for hydroxylation is 1. The molecule has 0 bridgehead atoms. The van der Waals surface area contributed by atoms with Gasteiger partial charge in [-0.3, -0.25) is 4.79 Å². The monoisotopic (exact) mass is 324 g/mol. The summed E-state index contributed by atoms with van der Waals surface area (Å²) in [5.41, 5.74) is 1.09. The molecule has 0 fully saturated rings. The number of nitrogens with zero attached hydrogens (tertiary/aromatic N) is 1. The van der Waals surface area contributed by atoms with Gasteiger partial charge in [-0.2, -0.15) is 0 Å². The molecule has 1 unspecified atom stereocenters. The van der Waals surface area contributed by atoms with E-state index >= 15 is 0 Å². The number of hydrogen-bond acceptors (Lipinski definition) is 3. The van der Waals surface area contributed by atoms with E-state index in [-0.39, 0.29) is 11.9 Å². The molecule has 1 atom stereocenters. The summed E-state index contributed by atoms with van der Waals surface area (Å²) in [6, 6.07) is 9.88.